The molecule has 3 aromatic rings. The van der Waals surface area contributed by atoms with Crippen LogP contribution in [0.15, 0.2) is 42.7 Å². The predicted molar refractivity (Wildman–Crippen MR) is 138 cm³/mol. The molecule has 0 aliphatic carbocycles. The molecule has 0 bridgehead atoms. The number of nitrogens with zero attached hydrogens (tertiary/aromatic N) is 4. The number of ether oxygens (including phenoxy) is 2. The number of aromatic amines is 1. The molecule has 7 heteroatoms. The van der Waals surface area contributed by atoms with Crippen molar-refractivity contribution in [1.29, 1.82) is 5.26 Å². The van der Waals surface area contributed by atoms with Gasteiger partial charge in [-0.2, -0.15) is 5.26 Å². The molecular formula is C28H33N5O2. The summed E-state index contributed by atoms with van der Waals surface area (Å²) in [5.74, 6) is 0.646. The van der Waals surface area contributed by atoms with E-state index in [1.54, 1.807) is 0 Å². The minimum atomic E-state index is 0.101. The van der Waals surface area contributed by atoms with Gasteiger partial charge in [0, 0.05) is 62.4 Å². The van der Waals surface area contributed by atoms with Crippen LogP contribution in [-0.2, 0) is 4.74 Å². The first-order valence-electron chi connectivity index (χ1n) is 12.4. The third-order valence-electron chi connectivity index (χ3n) is 6.93. The molecule has 35 heavy (non-hydrogen) atoms. The quantitative estimate of drug-likeness (QED) is 0.553. The van der Waals surface area contributed by atoms with E-state index in [2.05, 4.69) is 47.1 Å². The van der Waals surface area contributed by atoms with Crippen LogP contribution in [0.1, 0.15) is 30.4 Å². The summed E-state index contributed by atoms with van der Waals surface area (Å²) in [4.78, 5) is 12.7. The Morgan fingerprint density at radius 1 is 1.23 bits per heavy atom. The van der Waals surface area contributed by atoms with Crippen LogP contribution in [0.3, 0.4) is 0 Å². The second-order valence-corrected chi connectivity index (χ2v) is 9.66. The Morgan fingerprint density at radius 2 is 2.09 bits per heavy atom. The summed E-state index contributed by atoms with van der Waals surface area (Å²) >= 11 is 0. The van der Waals surface area contributed by atoms with Gasteiger partial charge in [0.15, 0.2) is 0 Å². The number of hydrogen-bond donors (Lipinski definition) is 1. The monoisotopic (exact) mass is 471 g/mol. The fourth-order valence-corrected chi connectivity index (χ4v) is 4.80. The van der Waals surface area contributed by atoms with Crippen molar-refractivity contribution in [2.45, 2.75) is 25.4 Å². The number of benzene rings is 1. The van der Waals surface area contributed by atoms with E-state index >= 15 is 0 Å². The number of hydrogen-bond acceptors (Lipinski definition) is 6. The lowest BCUT2D eigenvalue weighted by molar-refractivity contribution is 0.0254. The van der Waals surface area contributed by atoms with Gasteiger partial charge in [0.25, 0.3) is 0 Å². The molecule has 0 unspecified atom stereocenters. The second-order valence-electron chi connectivity index (χ2n) is 9.66. The van der Waals surface area contributed by atoms with Crippen LogP contribution in [0.25, 0.3) is 27.7 Å². The second kappa shape index (κ2) is 10.6. The standard InChI is InChI=1S/C28H33N5O2/c1-32(2)11-12-33-9-5-20(6-10-33)23-16-25-26(19-31-28(25)30-18-23)21-3-4-27(22(15-21)17-29)35-24-7-13-34-14-8-24/h3-5,15-16,18-19,24H,6-14H2,1-2H3,(H,30,31). The van der Waals surface area contributed by atoms with Crippen molar-refractivity contribution in [3.63, 3.8) is 0 Å². The summed E-state index contributed by atoms with van der Waals surface area (Å²) in [5, 5.41) is 10.9. The summed E-state index contributed by atoms with van der Waals surface area (Å²) in [6, 6.07) is 10.4. The highest BCUT2D eigenvalue weighted by molar-refractivity contribution is 5.95. The zero-order valence-corrected chi connectivity index (χ0v) is 20.6. The largest absolute Gasteiger partial charge is 0.489 e. The van der Waals surface area contributed by atoms with Crippen LogP contribution in [0, 0.1) is 11.3 Å². The van der Waals surface area contributed by atoms with Gasteiger partial charge < -0.3 is 19.4 Å². The molecule has 0 amide bonds. The molecular weight excluding hydrogens is 438 g/mol. The number of nitrogens with one attached hydrogen (secondary N) is 1. The summed E-state index contributed by atoms with van der Waals surface area (Å²) in [6.45, 7) is 5.62. The van der Waals surface area contributed by atoms with Gasteiger partial charge in [-0.05, 0) is 55.4 Å². The van der Waals surface area contributed by atoms with Crippen molar-refractivity contribution in [3.8, 4) is 22.9 Å². The van der Waals surface area contributed by atoms with E-state index in [0.29, 0.717) is 24.5 Å². The smallest absolute Gasteiger partial charge is 0.137 e. The summed E-state index contributed by atoms with van der Waals surface area (Å²) in [5.41, 5.74) is 5.97. The normalized spacial score (nSPS) is 17.5. The minimum absolute atomic E-state index is 0.101. The van der Waals surface area contributed by atoms with Crippen molar-refractivity contribution in [2.24, 2.45) is 0 Å². The highest BCUT2D eigenvalue weighted by Crippen LogP contribution is 2.34. The number of aromatic nitrogens is 2. The van der Waals surface area contributed by atoms with Crippen molar-refractivity contribution in [3.05, 3.63) is 53.9 Å². The number of likely N-dealkylation sites (N-methyl/N-ethyl adjacent to an activating group) is 1. The van der Waals surface area contributed by atoms with Crippen molar-refractivity contribution < 1.29 is 9.47 Å². The fraction of sp³-hybridized carbons (Fsp3) is 0.429. The van der Waals surface area contributed by atoms with Gasteiger partial charge >= 0.3 is 0 Å². The minimum Gasteiger partial charge on any atom is -0.489 e. The van der Waals surface area contributed by atoms with Crippen molar-refractivity contribution in [2.75, 3.05) is 53.5 Å². The molecule has 0 spiro atoms. The third kappa shape index (κ3) is 5.40. The summed E-state index contributed by atoms with van der Waals surface area (Å²) in [6.07, 6.45) is 9.12. The Kier molecular flexibility index (Phi) is 7.14. The van der Waals surface area contributed by atoms with Gasteiger partial charge in [0.1, 0.15) is 23.6 Å². The average Bonchev–Trinajstić information content (AvgIpc) is 3.32. The molecule has 1 aromatic carbocycles. The van der Waals surface area contributed by atoms with Crippen LogP contribution in [0.5, 0.6) is 5.75 Å². The van der Waals surface area contributed by atoms with Gasteiger partial charge in [-0.3, -0.25) is 4.90 Å². The van der Waals surface area contributed by atoms with E-state index < -0.39 is 0 Å². The van der Waals surface area contributed by atoms with E-state index in [9.17, 15) is 5.26 Å². The van der Waals surface area contributed by atoms with Crippen LogP contribution < -0.4 is 4.74 Å². The molecule has 1 fully saturated rings. The van der Waals surface area contributed by atoms with Gasteiger partial charge in [-0.15, -0.1) is 0 Å². The molecule has 1 N–H and O–H groups in total. The maximum absolute atomic E-state index is 9.80. The molecule has 2 aromatic heterocycles. The third-order valence-corrected chi connectivity index (χ3v) is 6.93. The van der Waals surface area contributed by atoms with Crippen LogP contribution in [-0.4, -0.2) is 79.4 Å². The Bertz CT molecular complexity index is 1250. The lowest BCUT2D eigenvalue weighted by atomic mass is 9.98. The molecule has 7 nitrogen and oxygen atoms in total. The fourth-order valence-electron chi connectivity index (χ4n) is 4.80. The molecule has 2 aliphatic heterocycles. The topological polar surface area (TPSA) is 77.4 Å². The summed E-state index contributed by atoms with van der Waals surface area (Å²) < 4.78 is 11.6. The van der Waals surface area contributed by atoms with Crippen molar-refractivity contribution in [1.82, 2.24) is 19.8 Å². The van der Waals surface area contributed by atoms with Crippen LogP contribution in [0.2, 0.25) is 0 Å². The van der Waals surface area contributed by atoms with Gasteiger partial charge in [-0.25, -0.2) is 4.98 Å². The van der Waals surface area contributed by atoms with Gasteiger partial charge in [-0.1, -0.05) is 12.1 Å². The van der Waals surface area contributed by atoms with E-state index in [0.717, 1.165) is 67.6 Å². The van der Waals surface area contributed by atoms with E-state index in [-0.39, 0.29) is 6.10 Å². The molecule has 4 heterocycles. The van der Waals surface area contributed by atoms with E-state index in [1.165, 1.54) is 11.1 Å². The lowest BCUT2D eigenvalue weighted by Crippen LogP contribution is -2.34. The maximum atomic E-state index is 9.80. The van der Waals surface area contributed by atoms with Crippen LogP contribution >= 0.6 is 0 Å². The highest BCUT2D eigenvalue weighted by atomic mass is 16.5. The Balaban J connectivity index is 1.38. The number of rotatable bonds is 7. The average molecular weight is 472 g/mol. The predicted octanol–water partition coefficient (Wildman–Crippen LogP) is 4.31. The number of H-pyrrole nitrogens is 1. The van der Waals surface area contributed by atoms with Crippen LogP contribution in [0.4, 0.5) is 0 Å². The molecule has 0 atom stereocenters. The highest BCUT2D eigenvalue weighted by Gasteiger charge is 2.19. The molecule has 182 valence electrons. The molecule has 0 radical (unpaired) electrons. The van der Waals surface area contributed by atoms with Crippen molar-refractivity contribution >= 4 is 16.6 Å². The molecule has 1 saturated heterocycles. The number of pyridine rings is 1. The zero-order chi connectivity index (χ0) is 24.2. The van der Waals surface area contributed by atoms with E-state index in [1.807, 2.05) is 30.6 Å². The Labute approximate surface area is 207 Å². The first-order valence-corrected chi connectivity index (χ1v) is 12.4. The lowest BCUT2D eigenvalue weighted by Gasteiger charge is -2.27. The number of nitriles is 1. The molecule has 2 aliphatic rings. The Hall–Kier alpha value is -3.18. The first kappa shape index (κ1) is 23.6. The molecule has 0 saturated carbocycles. The van der Waals surface area contributed by atoms with Gasteiger partial charge in [0.05, 0.1) is 18.8 Å². The summed E-state index contributed by atoms with van der Waals surface area (Å²) in [7, 11) is 4.24. The van der Waals surface area contributed by atoms with Gasteiger partial charge in [0.2, 0.25) is 0 Å². The number of fused-ring (bicyclic) bond motifs is 1. The molecule has 5 rings (SSSR count). The Morgan fingerprint density at radius 3 is 2.83 bits per heavy atom. The first-order chi connectivity index (χ1) is 17.1. The SMILES string of the molecule is CN(C)CCN1CC=C(c2cnc3[nH]cc(-c4ccc(OC5CCOCC5)c(C#N)c4)c3c2)CC1. The maximum Gasteiger partial charge on any atom is 0.137 e. The van der Waals surface area contributed by atoms with E-state index in [4.69, 9.17) is 14.5 Å². The zero-order valence-electron chi connectivity index (χ0n) is 20.6.